The Morgan fingerprint density at radius 3 is 2.50 bits per heavy atom. The highest BCUT2D eigenvalue weighted by molar-refractivity contribution is 6.05. The molecule has 2 aromatic carbocycles. The second kappa shape index (κ2) is 16.6. The summed E-state index contributed by atoms with van der Waals surface area (Å²) in [6.45, 7) is 15.1. The van der Waals surface area contributed by atoms with Crippen LogP contribution in [0, 0.1) is 31.6 Å². The fourth-order valence-corrected chi connectivity index (χ4v) is 8.33. The third kappa shape index (κ3) is 7.31. The molecule has 3 heterocycles. The molecular weight excluding hydrogens is 662 g/mol. The monoisotopic (exact) mass is 715 g/mol. The Bertz CT molecular complexity index is 1650. The molecule has 52 heavy (non-hydrogen) atoms. The van der Waals surface area contributed by atoms with Crippen molar-refractivity contribution in [1.82, 2.24) is 10.2 Å². The molecular formula is C41H53N3O8. The third-order valence-electron chi connectivity index (χ3n) is 10.8. The van der Waals surface area contributed by atoms with E-state index in [1.54, 1.807) is 17.1 Å². The summed E-state index contributed by atoms with van der Waals surface area (Å²) in [5.41, 5.74) is 1.85. The number of anilines is 1. The minimum atomic E-state index is -1.32. The second-order valence-electron chi connectivity index (χ2n) is 14.5. The summed E-state index contributed by atoms with van der Waals surface area (Å²) < 4.78 is 18.5. The zero-order valence-electron chi connectivity index (χ0n) is 31.0. The van der Waals surface area contributed by atoms with Gasteiger partial charge in [0.05, 0.1) is 43.2 Å². The van der Waals surface area contributed by atoms with Crippen molar-refractivity contribution in [1.29, 1.82) is 0 Å². The van der Waals surface area contributed by atoms with Crippen molar-refractivity contribution >= 4 is 29.4 Å². The first-order chi connectivity index (χ1) is 24.9. The maximum absolute atomic E-state index is 15.0. The van der Waals surface area contributed by atoms with Crippen molar-refractivity contribution in [2.24, 2.45) is 17.8 Å². The van der Waals surface area contributed by atoms with Crippen molar-refractivity contribution in [2.45, 2.75) is 89.3 Å². The molecule has 0 radical (unpaired) electrons. The van der Waals surface area contributed by atoms with Crippen LogP contribution in [-0.2, 0) is 33.4 Å². The molecule has 5 rings (SSSR count). The summed E-state index contributed by atoms with van der Waals surface area (Å²) in [7, 11) is 1.50. The topological polar surface area (TPSA) is 135 Å². The Kier molecular flexibility index (Phi) is 12.4. The van der Waals surface area contributed by atoms with E-state index in [1.807, 2.05) is 76.2 Å². The van der Waals surface area contributed by atoms with E-state index in [2.05, 4.69) is 18.5 Å². The number of ether oxygens (including phenoxy) is 3. The number of aliphatic hydroxyl groups excluding tert-OH is 1. The molecule has 0 aliphatic carbocycles. The Hall–Kier alpha value is -4.32. The molecule has 3 fully saturated rings. The van der Waals surface area contributed by atoms with Crippen molar-refractivity contribution in [2.75, 3.05) is 31.8 Å². The average molecular weight is 716 g/mol. The molecule has 0 aromatic heterocycles. The van der Waals surface area contributed by atoms with Crippen molar-refractivity contribution in [3.63, 3.8) is 0 Å². The predicted octanol–water partition coefficient (Wildman–Crippen LogP) is 4.60. The number of carbonyl (C=O) groups is 4. The number of hydrogen-bond donors (Lipinski definition) is 2. The van der Waals surface area contributed by atoms with Gasteiger partial charge in [-0.2, -0.15) is 0 Å². The van der Waals surface area contributed by atoms with E-state index in [0.717, 1.165) is 11.1 Å². The van der Waals surface area contributed by atoms with Gasteiger partial charge in [-0.25, -0.2) is 0 Å². The van der Waals surface area contributed by atoms with Gasteiger partial charge < -0.3 is 34.4 Å². The van der Waals surface area contributed by atoms with E-state index in [0.29, 0.717) is 30.5 Å². The molecule has 3 amide bonds. The highest BCUT2D eigenvalue weighted by Crippen LogP contribution is 2.59. The Balaban J connectivity index is 1.55. The Morgan fingerprint density at radius 2 is 1.87 bits per heavy atom. The number of benzene rings is 2. The molecule has 1 spiro atoms. The van der Waals surface area contributed by atoms with Crippen LogP contribution in [-0.4, -0.2) is 90.4 Å². The van der Waals surface area contributed by atoms with Gasteiger partial charge in [0.2, 0.25) is 11.8 Å². The number of esters is 1. The van der Waals surface area contributed by atoms with Crippen LogP contribution in [0.5, 0.6) is 0 Å². The number of methoxy groups -OCH3 is 1. The van der Waals surface area contributed by atoms with Crippen LogP contribution in [0.15, 0.2) is 73.8 Å². The maximum Gasteiger partial charge on any atom is 0.313 e. The van der Waals surface area contributed by atoms with Gasteiger partial charge in [0.1, 0.15) is 17.7 Å². The highest BCUT2D eigenvalue weighted by Gasteiger charge is 2.76. The van der Waals surface area contributed by atoms with Crippen molar-refractivity contribution in [3.8, 4) is 0 Å². The van der Waals surface area contributed by atoms with Gasteiger partial charge in [-0.1, -0.05) is 68.5 Å². The van der Waals surface area contributed by atoms with Crippen LogP contribution >= 0.6 is 0 Å². The van der Waals surface area contributed by atoms with Crippen LogP contribution < -0.4 is 10.2 Å². The van der Waals surface area contributed by atoms with Gasteiger partial charge in [-0.15, -0.1) is 13.2 Å². The van der Waals surface area contributed by atoms with Gasteiger partial charge in [-0.05, 0) is 61.8 Å². The highest BCUT2D eigenvalue weighted by atomic mass is 16.6. The number of aliphatic hydroxyl groups is 1. The maximum atomic E-state index is 15.0. The van der Waals surface area contributed by atoms with Gasteiger partial charge in [-0.3, -0.25) is 19.2 Å². The first kappa shape index (κ1) is 38.9. The van der Waals surface area contributed by atoms with Crippen LogP contribution in [0.3, 0.4) is 0 Å². The third-order valence-corrected chi connectivity index (χ3v) is 10.8. The van der Waals surface area contributed by atoms with Crippen LogP contribution in [0.2, 0.25) is 0 Å². The number of aryl methyl sites for hydroxylation is 2. The quantitative estimate of drug-likeness (QED) is 0.180. The second-order valence-corrected chi connectivity index (χ2v) is 14.5. The SMILES string of the molecule is C=CCCC(=O)N[C@H](COC)[C@H](OC(=O)[C@@H]1[C@H]2C(=O)N([C@@H](CO)C(C)C)[C@H](C(=O)N(CC=C)c3cc(C)ccc3C)[C@]23CC[C@H]1O3)c1ccccc1. The minimum absolute atomic E-state index is 0.0536. The molecule has 3 aliphatic rings. The van der Waals surface area contributed by atoms with Crippen LogP contribution in [0.4, 0.5) is 5.69 Å². The summed E-state index contributed by atoms with van der Waals surface area (Å²) in [4.78, 5) is 60.5. The fraction of sp³-hybridized carbons (Fsp3) is 0.512. The number of nitrogens with zero attached hydrogens (tertiary/aromatic N) is 2. The smallest absolute Gasteiger partial charge is 0.313 e. The summed E-state index contributed by atoms with van der Waals surface area (Å²) in [5, 5.41) is 13.6. The fourth-order valence-electron chi connectivity index (χ4n) is 8.33. The summed E-state index contributed by atoms with van der Waals surface area (Å²) in [5.74, 6) is -3.94. The lowest BCUT2D eigenvalue weighted by molar-refractivity contribution is -0.163. The molecule has 0 saturated carbocycles. The van der Waals surface area contributed by atoms with E-state index in [9.17, 15) is 19.5 Å². The number of rotatable bonds is 17. The lowest BCUT2D eigenvalue weighted by Crippen LogP contribution is -2.60. The number of hydrogen-bond acceptors (Lipinski definition) is 8. The van der Waals surface area contributed by atoms with Crippen molar-refractivity contribution in [3.05, 3.63) is 90.5 Å². The average Bonchev–Trinajstić information content (AvgIpc) is 3.77. The molecule has 2 bridgehead atoms. The molecule has 2 N–H and O–H groups in total. The minimum Gasteiger partial charge on any atom is -0.455 e. The first-order valence-corrected chi connectivity index (χ1v) is 18.2. The summed E-state index contributed by atoms with van der Waals surface area (Å²) >= 11 is 0. The van der Waals surface area contributed by atoms with Gasteiger partial charge in [0, 0.05) is 25.8 Å². The van der Waals surface area contributed by atoms with Crippen LogP contribution in [0.25, 0.3) is 0 Å². The number of nitrogens with one attached hydrogen (secondary N) is 1. The number of fused-ring (bicyclic) bond motifs is 1. The summed E-state index contributed by atoms with van der Waals surface area (Å²) in [6.07, 6.45) is 3.18. The van der Waals surface area contributed by atoms with E-state index in [-0.39, 0.29) is 43.9 Å². The Labute approximate surface area is 307 Å². The molecule has 2 aromatic rings. The Morgan fingerprint density at radius 1 is 1.13 bits per heavy atom. The number of amides is 3. The van der Waals surface area contributed by atoms with Gasteiger partial charge in [0.25, 0.3) is 5.91 Å². The number of carbonyl (C=O) groups excluding carboxylic acids is 4. The summed E-state index contributed by atoms with van der Waals surface area (Å²) in [6, 6.07) is 12.4. The van der Waals surface area contributed by atoms with E-state index in [1.165, 1.54) is 12.0 Å². The normalized spacial score (nSPS) is 25.0. The lowest BCUT2D eigenvalue weighted by Gasteiger charge is -2.40. The van der Waals surface area contributed by atoms with Crippen LogP contribution in [0.1, 0.15) is 62.3 Å². The molecule has 8 atom stereocenters. The molecule has 280 valence electrons. The molecule has 3 aliphatic heterocycles. The molecule has 0 unspecified atom stereocenters. The van der Waals surface area contributed by atoms with E-state index in [4.69, 9.17) is 14.2 Å². The predicted molar refractivity (Wildman–Crippen MR) is 197 cm³/mol. The van der Waals surface area contributed by atoms with E-state index >= 15 is 4.79 Å². The zero-order valence-corrected chi connectivity index (χ0v) is 31.0. The molecule has 3 saturated heterocycles. The largest absolute Gasteiger partial charge is 0.455 e. The molecule has 11 nitrogen and oxygen atoms in total. The first-order valence-electron chi connectivity index (χ1n) is 18.2. The van der Waals surface area contributed by atoms with Crippen molar-refractivity contribution < 1.29 is 38.5 Å². The zero-order chi connectivity index (χ0) is 37.7. The van der Waals surface area contributed by atoms with E-state index < -0.39 is 59.6 Å². The standard InChI is InChI=1S/C41H53N3O8/c1-8-10-16-33(46)42-29(24-50-7)36(28-14-12-11-13-15-28)51-40(49)34-32-19-20-41(52-32)35(34)38(47)44(31(23-45)25(3)4)37(41)39(48)43(21-9-2)30-22-26(5)17-18-27(30)6/h8-9,11-15,17-18,22,25,29,31-32,34-37,45H,1-2,10,16,19-21,23-24H2,3-7H3,(H,42,46)/t29-,31+,32-,34+,35+,36-,37-,41+/m1/s1. The number of likely N-dealkylation sites (tertiary alicyclic amines) is 1. The number of allylic oxidation sites excluding steroid dienone is 1. The lowest BCUT2D eigenvalue weighted by atomic mass is 9.70. The van der Waals surface area contributed by atoms with Gasteiger partial charge in [0.15, 0.2) is 0 Å². The van der Waals surface area contributed by atoms with Gasteiger partial charge >= 0.3 is 5.97 Å². The molecule has 11 heteroatoms.